The van der Waals surface area contributed by atoms with Crippen LogP contribution in [0.1, 0.15) is 6.42 Å². The van der Waals surface area contributed by atoms with Gasteiger partial charge in [0.1, 0.15) is 12.1 Å². The Bertz CT molecular complexity index is 317. The first-order chi connectivity index (χ1) is 6.81. The average Bonchev–Trinajstić information content (AvgIpc) is 2.67. The molecule has 2 rings (SSSR count). The lowest BCUT2D eigenvalue weighted by atomic mass is 10.1. The van der Waals surface area contributed by atoms with E-state index in [0.717, 1.165) is 29.0 Å². The minimum Gasteiger partial charge on any atom is -0.355 e. The molecule has 1 aliphatic rings. The number of nitrogens with zero attached hydrogens (tertiary/aromatic N) is 3. The van der Waals surface area contributed by atoms with Gasteiger partial charge < -0.3 is 10.6 Å². The number of hydrogen-bond donors (Lipinski definition) is 1. The molecule has 1 saturated heterocycles. The molecule has 1 unspecified atom stereocenters. The van der Waals surface area contributed by atoms with Crippen LogP contribution >= 0.6 is 22.6 Å². The summed E-state index contributed by atoms with van der Waals surface area (Å²) in [6, 6.07) is 0. The van der Waals surface area contributed by atoms with Crippen molar-refractivity contribution >= 4 is 28.4 Å². The van der Waals surface area contributed by atoms with Crippen LogP contribution in [0.4, 0.5) is 5.82 Å². The summed E-state index contributed by atoms with van der Waals surface area (Å²) in [7, 11) is 0. The van der Waals surface area contributed by atoms with Crippen LogP contribution in [0.15, 0.2) is 12.5 Å². The zero-order chi connectivity index (χ0) is 9.97. The molecule has 0 saturated carbocycles. The Morgan fingerprint density at radius 2 is 2.50 bits per heavy atom. The third-order valence-corrected chi connectivity index (χ3v) is 3.33. The van der Waals surface area contributed by atoms with E-state index in [4.69, 9.17) is 5.73 Å². The quantitative estimate of drug-likeness (QED) is 0.824. The fourth-order valence-electron chi connectivity index (χ4n) is 1.76. The fraction of sp³-hybridized carbons (Fsp3) is 0.556. The van der Waals surface area contributed by atoms with Gasteiger partial charge in [-0.3, -0.25) is 0 Å². The van der Waals surface area contributed by atoms with Crippen LogP contribution in [-0.2, 0) is 0 Å². The molecular formula is C9H13IN4. The molecule has 0 aliphatic carbocycles. The van der Waals surface area contributed by atoms with Gasteiger partial charge in [-0.1, -0.05) is 0 Å². The van der Waals surface area contributed by atoms with E-state index in [1.54, 1.807) is 6.33 Å². The van der Waals surface area contributed by atoms with Gasteiger partial charge in [0.25, 0.3) is 0 Å². The number of halogens is 1. The van der Waals surface area contributed by atoms with Gasteiger partial charge in [-0.05, 0) is 41.5 Å². The van der Waals surface area contributed by atoms with Crippen molar-refractivity contribution in [1.82, 2.24) is 9.97 Å². The Kier molecular flexibility index (Phi) is 3.17. The maximum Gasteiger partial charge on any atom is 0.145 e. The molecule has 0 amide bonds. The maximum atomic E-state index is 5.65. The summed E-state index contributed by atoms with van der Waals surface area (Å²) in [6.07, 6.45) is 4.63. The third-order valence-electron chi connectivity index (χ3n) is 2.57. The molecule has 2 heterocycles. The lowest BCUT2D eigenvalue weighted by Gasteiger charge is -2.17. The molecule has 14 heavy (non-hydrogen) atoms. The number of rotatable bonds is 2. The predicted octanol–water partition coefficient (Wildman–Crippen LogP) is 0.866. The van der Waals surface area contributed by atoms with Gasteiger partial charge >= 0.3 is 0 Å². The summed E-state index contributed by atoms with van der Waals surface area (Å²) in [5.41, 5.74) is 5.65. The lowest BCUT2D eigenvalue weighted by molar-refractivity contribution is 0.602. The first-order valence-electron chi connectivity index (χ1n) is 4.71. The van der Waals surface area contributed by atoms with E-state index in [-0.39, 0.29) is 0 Å². The molecule has 2 N–H and O–H groups in total. The SMILES string of the molecule is NCC1CCN(c2ncncc2I)C1. The summed E-state index contributed by atoms with van der Waals surface area (Å²) in [5.74, 6) is 1.68. The Morgan fingerprint density at radius 1 is 1.64 bits per heavy atom. The van der Waals surface area contributed by atoms with Gasteiger partial charge in [-0.2, -0.15) is 0 Å². The van der Waals surface area contributed by atoms with Gasteiger partial charge in [0.15, 0.2) is 0 Å². The van der Waals surface area contributed by atoms with Gasteiger partial charge in [0.2, 0.25) is 0 Å². The zero-order valence-corrected chi connectivity index (χ0v) is 10.0. The molecule has 0 spiro atoms. The molecule has 1 atom stereocenters. The highest BCUT2D eigenvalue weighted by Gasteiger charge is 2.23. The van der Waals surface area contributed by atoms with Crippen molar-refractivity contribution in [2.45, 2.75) is 6.42 Å². The molecule has 76 valence electrons. The molecule has 1 fully saturated rings. The molecule has 4 nitrogen and oxygen atoms in total. The Morgan fingerprint density at radius 3 is 3.14 bits per heavy atom. The number of hydrogen-bond acceptors (Lipinski definition) is 4. The summed E-state index contributed by atoms with van der Waals surface area (Å²) in [6.45, 7) is 2.87. The molecule has 1 aromatic heterocycles. The molecule has 1 aliphatic heterocycles. The molecule has 0 bridgehead atoms. The highest BCUT2D eigenvalue weighted by atomic mass is 127. The number of aromatic nitrogens is 2. The van der Waals surface area contributed by atoms with Crippen molar-refractivity contribution in [2.75, 3.05) is 24.5 Å². The topological polar surface area (TPSA) is 55.0 Å². The normalized spacial score (nSPS) is 21.6. The molecule has 1 aromatic rings. The van der Waals surface area contributed by atoms with Crippen molar-refractivity contribution in [3.8, 4) is 0 Å². The minimum atomic E-state index is 0.626. The van der Waals surface area contributed by atoms with E-state index in [1.165, 1.54) is 6.42 Å². The van der Waals surface area contributed by atoms with Crippen LogP contribution < -0.4 is 10.6 Å². The number of nitrogens with two attached hydrogens (primary N) is 1. The van der Waals surface area contributed by atoms with Crippen LogP contribution in [0.2, 0.25) is 0 Å². The monoisotopic (exact) mass is 304 g/mol. The Balaban J connectivity index is 2.13. The van der Waals surface area contributed by atoms with Gasteiger partial charge in [-0.15, -0.1) is 0 Å². The third kappa shape index (κ3) is 1.98. The van der Waals surface area contributed by atoms with Gasteiger partial charge in [0, 0.05) is 19.3 Å². The van der Waals surface area contributed by atoms with Crippen LogP contribution in [0.25, 0.3) is 0 Å². The highest BCUT2D eigenvalue weighted by molar-refractivity contribution is 14.1. The summed E-state index contributed by atoms with van der Waals surface area (Å²) < 4.78 is 1.11. The van der Waals surface area contributed by atoms with Gasteiger partial charge in [0.05, 0.1) is 3.57 Å². The van der Waals surface area contributed by atoms with Crippen molar-refractivity contribution in [1.29, 1.82) is 0 Å². The Labute approximate surface area is 97.1 Å². The van der Waals surface area contributed by atoms with Gasteiger partial charge in [-0.25, -0.2) is 9.97 Å². The predicted molar refractivity (Wildman–Crippen MR) is 64.1 cm³/mol. The summed E-state index contributed by atoms with van der Waals surface area (Å²) in [4.78, 5) is 10.6. The largest absolute Gasteiger partial charge is 0.355 e. The van der Waals surface area contributed by atoms with Crippen molar-refractivity contribution in [2.24, 2.45) is 11.7 Å². The zero-order valence-electron chi connectivity index (χ0n) is 7.86. The van der Waals surface area contributed by atoms with Crippen LogP contribution in [0.3, 0.4) is 0 Å². The fourth-order valence-corrected chi connectivity index (χ4v) is 2.40. The highest BCUT2D eigenvalue weighted by Crippen LogP contribution is 2.24. The number of anilines is 1. The van der Waals surface area contributed by atoms with E-state index in [0.29, 0.717) is 5.92 Å². The first kappa shape index (κ1) is 10.1. The second-order valence-corrected chi connectivity index (χ2v) is 4.69. The van der Waals surface area contributed by atoms with E-state index in [2.05, 4.69) is 37.5 Å². The standard InChI is InChI=1S/C9H13IN4/c10-8-4-12-6-13-9(8)14-2-1-7(3-11)5-14/h4,6-7H,1-3,5,11H2. The first-order valence-corrected chi connectivity index (χ1v) is 5.79. The molecular weight excluding hydrogens is 291 g/mol. The van der Waals surface area contributed by atoms with Crippen LogP contribution in [0.5, 0.6) is 0 Å². The Hall–Kier alpha value is -0.430. The second-order valence-electron chi connectivity index (χ2n) is 3.53. The molecule has 0 aromatic carbocycles. The van der Waals surface area contributed by atoms with Crippen LogP contribution in [0, 0.1) is 9.49 Å². The summed E-state index contributed by atoms with van der Waals surface area (Å²) >= 11 is 2.27. The molecule has 0 radical (unpaired) electrons. The van der Waals surface area contributed by atoms with E-state index < -0.39 is 0 Å². The maximum absolute atomic E-state index is 5.65. The van der Waals surface area contributed by atoms with E-state index in [1.807, 2.05) is 6.20 Å². The smallest absolute Gasteiger partial charge is 0.145 e. The van der Waals surface area contributed by atoms with Crippen molar-refractivity contribution < 1.29 is 0 Å². The van der Waals surface area contributed by atoms with Crippen molar-refractivity contribution in [3.63, 3.8) is 0 Å². The molecule has 5 heteroatoms. The average molecular weight is 304 g/mol. The second kappa shape index (κ2) is 4.39. The van der Waals surface area contributed by atoms with Crippen molar-refractivity contribution in [3.05, 3.63) is 16.1 Å². The lowest BCUT2D eigenvalue weighted by Crippen LogP contribution is -2.24. The van der Waals surface area contributed by atoms with E-state index >= 15 is 0 Å². The van der Waals surface area contributed by atoms with Crippen LogP contribution in [-0.4, -0.2) is 29.6 Å². The minimum absolute atomic E-state index is 0.626. The summed E-state index contributed by atoms with van der Waals surface area (Å²) in [5, 5.41) is 0. The van der Waals surface area contributed by atoms with E-state index in [9.17, 15) is 0 Å².